The number of ether oxygens (including phenoxy) is 2. The molecule has 0 aliphatic heterocycles. The van der Waals surface area contributed by atoms with Gasteiger partial charge in [-0.05, 0) is 48.7 Å². The third-order valence-electron chi connectivity index (χ3n) is 4.94. The number of methoxy groups -OCH3 is 2. The smallest absolute Gasteiger partial charge is 0.273 e. The zero-order valence-corrected chi connectivity index (χ0v) is 18.1. The Morgan fingerprint density at radius 1 is 1.03 bits per heavy atom. The van der Waals surface area contributed by atoms with E-state index in [-0.39, 0.29) is 11.8 Å². The summed E-state index contributed by atoms with van der Waals surface area (Å²) in [7, 11) is 4.93. The maximum Gasteiger partial charge on any atom is 0.273 e. The molecule has 3 aromatic rings. The van der Waals surface area contributed by atoms with Crippen LogP contribution in [-0.4, -0.2) is 42.1 Å². The first-order valence-corrected chi connectivity index (χ1v) is 9.80. The van der Waals surface area contributed by atoms with Crippen molar-refractivity contribution in [2.45, 2.75) is 13.3 Å². The lowest BCUT2D eigenvalue weighted by molar-refractivity contribution is 0.0952. The highest BCUT2D eigenvalue weighted by atomic mass is 16.5. The number of aryl methyl sites for hydroxylation is 2. The number of carbonyl (C=O) groups excluding carboxylic acids is 2. The lowest BCUT2D eigenvalue weighted by atomic mass is 10.1. The first-order valence-electron chi connectivity index (χ1n) is 9.80. The number of amides is 2. The van der Waals surface area contributed by atoms with Crippen LogP contribution in [0.15, 0.2) is 48.9 Å². The van der Waals surface area contributed by atoms with Crippen molar-refractivity contribution in [3.63, 3.8) is 0 Å². The summed E-state index contributed by atoms with van der Waals surface area (Å²) in [5.74, 6) is 0.819. The van der Waals surface area contributed by atoms with E-state index in [1.807, 2.05) is 31.2 Å². The van der Waals surface area contributed by atoms with Crippen molar-refractivity contribution < 1.29 is 19.1 Å². The fourth-order valence-corrected chi connectivity index (χ4v) is 3.12. The molecule has 0 aliphatic carbocycles. The Hall–Kier alpha value is -3.81. The number of nitrogens with one attached hydrogen (secondary N) is 2. The number of benzene rings is 2. The van der Waals surface area contributed by atoms with E-state index in [4.69, 9.17) is 9.47 Å². The molecule has 2 amide bonds. The number of hydrogen-bond donors (Lipinski definition) is 2. The highest BCUT2D eigenvalue weighted by molar-refractivity contribution is 6.04. The largest absolute Gasteiger partial charge is 0.493 e. The summed E-state index contributed by atoms with van der Waals surface area (Å²) in [5.41, 5.74) is 3.37. The molecule has 0 spiro atoms. The van der Waals surface area contributed by atoms with Crippen molar-refractivity contribution in [2.24, 2.45) is 7.05 Å². The monoisotopic (exact) mass is 422 g/mol. The molecule has 0 saturated carbocycles. The van der Waals surface area contributed by atoms with E-state index in [9.17, 15) is 9.59 Å². The minimum atomic E-state index is -0.283. The second kappa shape index (κ2) is 9.80. The highest BCUT2D eigenvalue weighted by Crippen LogP contribution is 2.27. The maximum absolute atomic E-state index is 12.6. The van der Waals surface area contributed by atoms with Crippen molar-refractivity contribution in [2.75, 3.05) is 26.1 Å². The maximum atomic E-state index is 12.6. The summed E-state index contributed by atoms with van der Waals surface area (Å²) in [4.78, 5) is 29.0. The average molecular weight is 422 g/mol. The van der Waals surface area contributed by atoms with Gasteiger partial charge in [0.1, 0.15) is 5.69 Å². The Labute approximate surface area is 181 Å². The SMILES string of the molecule is COc1ccc(CCNC(=O)c2ccc(C)c(NC(=O)c3cncn3C)c2)cc1OC. The van der Waals surface area contributed by atoms with Crippen molar-refractivity contribution in [1.29, 1.82) is 0 Å². The number of aromatic nitrogens is 2. The van der Waals surface area contributed by atoms with Crippen LogP contribution in [-0.2, 0) is 13.5 Å². The minimum Gasteiger partial charge on any atom is -0.493 e. The minimum absolute atomic E-state index is 0.212. The number of imidazole rings is 1. The van der Waals surface area contributed by atoms with Crippen LogP contribution in [0.5, 0.6) is 11.5 Å². The standard InChI is InChI=1S/C23H26N4O4/c1-15-5-7-17(12-18(15)26-23(29)19-13-24-14-27(19)2)22(28)25-10-9-16-6-8-20(30-3)21(11-16)31-4/h5-8,11-14H,9-10H2,1-4H3,(H,25,28)(H,26,29). The van der Waals surface area contributed by atoms with Crippen LogP contribution in [0.4, 0.5) is 5.69 Å². The van der Waals surface area contributed by atoms with Crippen molar-refractivity contribution in [3.05, 3.63) is 71.3 Å². The Morgan fingerprint density at radius 2 is 1.81 bits per heavy atom. The predicted octanol–water partition coefficient (Wildman–Crippen LogP) is 2.97. The quantitative estimate of drug-likeness (QED) is 0.582. The number of carbonyl (C=O) groups is 2. The molecule has 8 heteroatoms. The average Bonchev–Trinajstić information content (AvgIpc) is 3.21. The Morgan fingerprint density at radius 3 is 2.48 bits per heavy atom. The molecule has 0 fully saturated rings. The summed E-state index contributed by atoms with van der Waals surface area (Å²) >= 11 is 0. The highest BCUT2D eigenvalue weighted by Gasteiger charge is 2.14. The second-order valence-corrected chi connectivity index (χ2v) is 7.07. The van der Waals surface area contributed by atoms with Gasteiger partial charge in [-0.25, -0.2) is 4.98 Å². The van der Waals surface area contributed by atoms with E-state index in [0.717, 1.165) is 11.1 Å². The van der Waals surface area contributed by atoms with Gasteiger partial charge in [0, 0.05) is 24.8 Å². The molecule has 0 atom stereocenters. The third-order valence-corrected chi connectivity index (χ3v) is 4.94. The first kappa shape index (κ1) is 21.9. The fourth-order valence-electron chi connectivity index (χ4n) is 3.12. The van der Waals surface area contributed by atoms with Crippen molar-refractivity contribution in [3.8, 4) is 11.5 Å². The molecule has 2 aromatic carbocycles. The van der Waals surface area contributed by atoms with Crippen molar-refractivity contribution in [1.82, 2.24) is 14.9 Å². The molecule has 0 unspecified atom stereocenters. The van der Waals surface area contributed by atoms with Gasteiger partial charge < -0.3 is 24.7 Å². The van der Waals surface area contributed by atoms with Gasteiger partial charge in [0.2, 0.25) is 0 Å². The zero-order valence-electron chi connectivity index (χ0n) is 18.1. The molecule has 31 heavy (non-hydrogen) atoms. The first-order chi connectivity index (χ1) is 14.9. The van der Waals surface area contributed by atoms with Crippen LogP contribution in [0.2, 0.25) is 0 Å². The second-order valence-electron chi connectivity index (χ2n) is 7.07. The van der Waals surface area contributed by atoms with E-state index >= 15 is 0 Å². The molecule has 8 nitrogen and oxygen atoms in total. The normalized spacial score (nSPS) is 10.5. The molecule has 0 aliphatic rings. The summed E-state index contributed by atoms with van der Waals surface area (Å²) in [5, 5.41) is 5.76. The van der Waals surface area contributed by atoms with Gasteiger partial charge >= 0.3 is 0 Å². The van der Waals surface area contributed by atoms with Crippen LogP contribution in [0, 0.1) is 6.92 Å². The predicted molar refractivity (Wildman–Crippen MR) is 118 cm³/mol. The molecule has 0 saturated heterocycles. The number of rotatable bonds is 8. The van der Waals surface area contributed by atoms with Crippen molar-refractivity contribution >= 4 is 17.5 Å². The van der Waals surface area contributed by atoms with Gasteiger partial charge in [-0.2, -0.15) is 0 Å². The summed E-state index contributed by atoms with van der Waals surface area (Å²) < 4.78 is 12.2. The van der Waals surface area contributed by atoms with E-state index < -0.39 is 0 Å². The number of hydrogen-bond acceptors (Lipinski definition) is 5. The van der Waals surface area contributed by atoms with E-state index in [2.05, 4.69) is 15.6 Å². The van der Waals surface area contributed by atoms with Crippen LogP contribution >= 0.6 is 0 Å². The van der Waals surface area contributed by atoms with E-state index in [1.54, 1.807) is 44.3 Å². The van der Waals surface area contributed by atoms with Gasteiger partial charge in [-0.3, -0.25) is 9.59 Å². The van der Waals surface area contributed by atoms with Crippen LogP contribution in [0.1, 0.15) is 32.0 Å². The van der Waals surface area contributed by atoms with Gasteiger partial charge in [-0.15, -0.1) is 0 Å². The molecule has 1 heterocycles. The zero-order chi connectivity index (χ0) is 22.4. The number of nitrogens with zero attached hydrogens (tertiary/aromatic N) is 2. The van der Waals surface area contributed by atoms with Gasteiger partial charge in [0.25, 0.3) is 11.8 Å². The Kier molecular flexibility index (Phi) is 6.92. The molecular weight excluding hydrogens is 396 g/mol. The van der Waals surface area contributed by atoms with Gasteiger partial charge in [0.05, 0.1) is 26.7 Å². The topological polar surface area (TPSA) is 94.5 Å². The van der Waals surface area contributed by atoms with E-state index in [0.29, 0.717) is 41.4 Å². The summed E-state index contributed by atoms with van der Waals surface area (Å²) in [6.45, 7) is 2.33. The van der Waals surface area contributed by atoms with E-state index in [1.165, 1.54) is 6.20 Å². The van der Waals surface area contributed by atoms with Gasteiger partial charge in [-0.1, -0.05) is 12.1 Å². The molecular formula is C23H26N4O4. The Balaban J connectivity index is 1.62. The molecule has 3 rings (SSSR count). The van der Waals surface area contributed by atoms with Gasteiger partial charge in [0.15, 0.2) is 11.5 Å². The summed E-state index contributed by atoms with van der Waals surface area (Å²) in [6, 6.07) is 10.9. The number of anilines is 1. The molecule has 1 aromatic heterocycles. The van der Waals surface area contributed by atoms with Crippen LogP contribution in [0.3, 0.4) is 0 Å². The molecule has 162 valence electrons. The summed E-state index contributed by atoms with van der Waals surface area (Å²) in [6.07, 6.45) is 3.70. The lowest BCUT2D eigenvalue weighted by Crippen LogP contribution is -2.26. The van der Waals surface area contributed by atoms with Crippen LogP contribution in [0.25, 0.3) is 0 Å². The molecule has 2 N–H and O–H groups in total. The van der Waals surface area contributed by atoms with Crippen LogP contribution < -0.4 is 20.1 Å². The molecule has 0 radical (unpaired) electrons. The Bertz CT molecular complexity index is 1090. The molecule has 0 bridgehead atoms. The fraction of sp³-hybridized carbons (Fsp3) is 0.261. The third kappa shape index (κ3) is 5.22. The lowest BCUT2D eigenvalue weighted by Gasteiger charge is -2.12.